The molecule has 1 aliphatic rings. The molecule has 0 amide bonds. The first-order valence-electron chi connectivity index (χ1n) is 5.86. The van der Waals surface area contributed by atoms with Crippen molar-refractivity contribution in [2.75, 3.05) is 18.5 Å². The molecule has 0 spiro atoms. The van der Waals surface area contributed by atoms with Gasteiger partial charge in [0.05, 0.1) is 34.9 Å². The van der Waals surface area contributed by atoms with Gasteiger partial charge < -0.3 is 15.2 Å². The molecule has 2 rings (SSSR count). The molecular formula is C12H13ClN2O5. The number of non-ortho nitro benzene ring substituents is 1. The summed E-state index contributed by atoms with van der Waals surface area (Å²) in [5.41, 5.74) is -0.741. The quantitative estimate of drug-likeness (QED) is 0.652. The molecule has 0 aliphatic carbocycles. The van der Waals surface area contributed by atoms with Crippen LogP contribution in [0.3, 0.4) is 0 Å². The number of halogens is 1. The third-order valence-corrected chi connectivity index (χ3v) is 3.75. The van der Waals surface area contributed by atoms with E-state index in [2.05, 4.69) is 5.32 Å². The third kappa shape index (κ3) is 2.54. The summed E-state index contributed by atoms with van der Waals surface area (Å²) in [6.07, 6.45) is 0. The highest BCUT2D eigenvalue weighted by Crippen LogP contribution is 2.34. The van der Waals surface area contributed by atoms with E-state index in [1.807, 2.05) is 0 Å². The van der Waals surface area contributed by atoms with Crippen molar-refractivity contribution < 1.29 is 19.6 Å². The first-order chi connectivity index (χ1) is 9.34. The smallest absolute Gasteiger partial charge is 0.313 e. The molecule has 8 heteroatoms. The molecule has 108 valence electrons. The van der Waals surface area contributed by atoms with Gasteiger partial charge in [0, 0.05) is 12.1 Å². The second-order valence-electron chi connectivity index (χ2n) is 4.86. The number of nitro benzene ring substituents is 1. The fraction of sp³-hybridized carbons (Fsp3) is 0.417. The van der Waals surface area contributed by atoms with Crippen molar-refractivity contribution in [2.24, 2.45) is 5.41 Å². The van der Waals surface area contributed by atoms with Crippen LogP contribution in [-0.4, -0.2) is 35.3 Å². The molecule has 2 unspecified atom stereocenters. The van der Waals surface area contributed by atoms with Crippen LogP contribution in [0.5, 0.6) is 0 Å². The number of ether oxygens (including phenoxy) is 1. The molecule has 20 heavy (non-hydrogen) atoms. The van der Waals surface area contributed by atoms with Crippen molar-refractivity contribution in [3.05, 3.63) is 33.3 Å². The average molecular weight is 301 g/mol. The van der Waals surface area contributed by atoms with E-state index in [0.717, 1.165) is 0 Å². The van der Waals surface area contributed by atoms with Crippen LogP contribution in [-0.2, 0) is 9.53 Å². The molecule has 0 radical (unpaired) electrons. The van der Waals surface area contributed by atoms with Crippen LogP contribution < -0.4 is 5.32 Å². The Morgan fingerprint density at radius 1 is 1.65 bits per heavy atom. The van der Waals surface area contributed by atoms with Gasteiger partial charge in [-0.05, 0) is 13.0 Å². The minimum Gasteiger partial charge on any atom is -0.481 e. The SMILES string of the molecule is CC1(C(=O)O)COCC1Nc1ccc([N+](=O)[O-])cc1Cl. The van der Waals surface area contributed by atoms with Gasteiger partial charge in [0.2, 0.25) is 0 Å². The minimum atomic E-state index is -1.06. The molecule has 1 aromatic carbocycles. The fourth-order valence-corrected chi connectivity index (χ4v) is 2.24. The second kappa shape index (κ2) is 5.26. The molecule has 1 saturated heterocycles. The standard InChI is InChI=1S/C12H13ClN2O5/c1-12(11(16)17)6-20-5-10(12)14-9-3-2-7(15(18)19)4-8(9)13/h2-4,10,14H,5-6H2,1H3,(H,16,17). The van der Waals surface area contributed by atoms with Crippen molar-refractivity contribution >= 4 is 28.9 Å². The van der Waals surface area contributed by atoms with Crippen LogP contribution in [0, 0.1) is 15.5 Å². The van der Waals surface area contributed by atoms with Crippen LogP contribution in [0.25, 0.3) is 0 Å². The summed E-state index contributed by atoms with van der Waals surface area (Å²) in [6, 6.07) is 3.53. The van der Waals surface area contributed by atoms with E-state index in [4.69, 9.17) is 16.3 Å². The predicted molar refractivity (Wildman–Crippen MR) is 72.1 cm³/mol. The maximum Gasteiger partial charge on any atom is 0.313 e. The van der Waals surface area contributed by atoms with Crippen LogP contribution in [0.4, 0.5) is 11.4 Å². The molecule has 0 aromatic heterocycles. The topological polar surface area (TPSA) is 102 Å². The predicted octanol–water partition coefficient (Wildman–Crippen LogP) is 2.15. The summed E-state index contributed by atoms with van der Waals surface area (Å²) in [6.45, 7) is 1.92. The number of nitrogens with zero attached hydrogens (tertiary/aromatic N) is 1. The minimum absolute atomic E-state index is 0.102. The van der Waals surface area contributed by atoms with Gasteiger partial charge in [-0.15, -0.1) is 0 Å². The zero-order valence-electron chi connectivity index (χ0n) is 10.6. The number of hydrogen-bond donors (Lipinski definition) is 2. The Balaban J connectivity index is 2.22. The zero-order chi connectivity index (χ0) is 14.9. The summed E-state index contributed by atoms with van der Waals surface area (Å²) in [7, 11) is 0. The van der Waals surface area contributed by atoms with Gasteiger partial charge in [-0.3, -0.25) is 14.9 Å². The van der Waals surface area contributed by atoms with Crippen LogP contribution in [0.1, 0.15) is 6.92 Å². The molecule has 0 saturated carbocycles. The maximum absolute atomic E-state index is 11.3. The first-order valence-corrected chi connectivity index (χ1v) is 6.24. The number of carboxylic acid groups (broad SMARTS) is 1. The Hall–Kier alpha value is -1.86. The van der Waals surface area contributed by atoms with Crippen LogP contribution >= 0.6 is 11.6 Å². The molecule has 1 aromatic rings. The zero-order valence-corrected chi connectivity index (χ0v) is 11.4. The number of carboxylic acids is 1. The third-order valence-electron chi connectivity index (χ3n) is 3.44. The number of hydrogen-bond acceptors (Lipinski definition) is 5. The van der Waals surface area contributed by atoms with Crippen LogP contribution in [0.2, 0.25) is 5.02 Å². The number of nitrogens with one attached hydrogen (secondary N) is 1. The van der Waals surface area contributed by atoms with Crippen molar-refractivity contribution in [1.82, 2.24) is 0 Å². The summed E-state index contributed by atoms with van der Waals surface area (Å²) in [5, 5.41) is 23.0. The molecular weight excluding hydrogens is 288 g/mol. The van der Waals surface area contributed by atoms with Gasteiger partial charge in [0.1, 0.15) is 5.41 Å². The fourth-order valence-electron chi connectivity index (χ4n) is 2.01. The number of benzene rings is 1. The normalized spacial score (nSPS) is 25.4. The van der Waals surface area contributed by atoms with E-state index in [1.54, 1.807) is 6.92 Å². The summed E-state index contributed by atoms with van der Waals surface area (Å²) in [5.74, 6) is -0.967. The summed E-state index contributed by atoms with van der Waals surface area (Å²) < 4.78 is 5.21. The van der Waals surface area contributed by atoms with Gasteiger partial charge in [0.25, 0.3) is 5.69 Å². The number of rotatable bonds is 4. The van der Waals surface area contributed by atoms with Gasteiger partial charge >= 0.3 is 5.97 Å². The highest BCUT2D eigenvalue weighted by molar-refractivity contribution is 6.33. The lowest BCUT2D eigenvalue weighted by Gasteiger charge is -2.26. The molecule has 1 aliphatic heterocycles. The molecule has 0 bridgehead atoms. The largest absolute Gasteiger partial charge is 0.481 e. The van der Waals surface area contributed by atoms with Crippen molar-refractivity contribution in [1.29, 1.82) is 0 Å². The highest BCUT2D eigenvalue weighted by atomic mass is 35.5. The van der Waals surface area contributed by atoms with Crippen LogP contribution in [0.15, 0.2) is 18.2 Å². The second-order valence-corrected chi connectivity index (χ2v) is 5.26. The average Bonchev–Trinajstić information content (AvgIpc) is 2.74. The maximum atomic E-state index is 11.3. The number of nitro groups is 1. The van der Waals surface area contributed by atoms with Gasteiger partial charge in [-0.2, -0.15) is 0 Å². The van der Waals surface area contributed by atoms with E-state index in [-0.39, 0.29) is 23.9 Å². The molecule has 2 atom stereocenters. The van der Waals surface area contributed by atoms with Crippen molar-refractivity contribution in [3.63, 3.8) is 0 Å². The Labute approximate surface area is 119 Å². The van der Waals surface area contributed by atoms with E-state index in [0.29, 0.717) is 5.69 Å². The molecule has 1 heterocycles. The number of anilines is 1. The van der Waals surface area contributed by atoms with E-state index >= 15 is 0 Å². The molecule has 2 N–H and O–H groups in total. The van der Waals surface area contributed by atoms with Crippen molar-refractivity contribution in [3.8, 4) is 0 Å². The van der Waals surface area contributed by atoms with E-state index in [9.17, 15) is 20.0 Å². The lowest BCUT2D eigenvalue weighted by atomic mass is 9.85. The lowest BCUT2D eigenvalue weighted by molar-refractivity contribution is -0.384. The lowest BCUT2D eigenvalue weighted by Crippen LogP contribution is -2.43. The monoisotopic (exact) mass is 300 g/mol. The van der Waals surface area contributed by atoms with Crippen molar-refractivity contribution in [2.45, 2.75) is 13.0 Å². The number of aliphatic carboxylic acids is 1. The van der Waals surface area contributed by atoms with Gasteiger partial charge in [0.15, 0.2) is 0 Å². The first kappa shape index (κ1) is 14.5. The Morgan fingerprint density at radius 2 is 2.35 bits per heavy atom. The molecule has 1 fully saturated rings. The summed E-state index contributed by atoms with van der Waals surface area (Å²) >= 11 is 5.97. The Morgan fingerprint density at radius 3 is 2.90 bits per heavy atom. The Bertz CT molecular complexity index is 565. The Kier molecular flexibility index (Phi) is 3.82. The van der Waals surface area contributed by atoms with Gasteiger partial charge in [-0.25, -0.2) is 0 Å². The van der Waals surface area contributed by atoms with E-state index in [1.165, 1.54) is 18.2 Å². The van der Waals surface area contributed by atoms with Gasteiger partial charge in [-0.1, -0.05) is 11.6 Å². The summed E-state index contributed by atoms with van der Waals surface area (Å²) in [4.78, 5) is 21.4. The number of carbonyl (C=O) groups is 1. The highest BCUT2D eigenvalue weighted by Gasteiger charge is 2.46. The van der Waals surface area contributed by atoms with E-state index < -0.39 is 22.3 Å². The molecule has 7 nitrogen and oxygen atoms in total.